The van der Waals surface area contributed by atoms with Gasteiger partial charge in [-0.15, -0.1) is 0 Å². The van der Waals surface area contributed by atoms with E-state index in [4.69, 9.17) is 14.3 Å². The van der Waals surface area contributed by atoms with Crippen molar-refractivity contribution >= 4 is 34.6 Å². The molecule has 0 aliphatic carbocycles. The van der Waals surface area contributed by atoms with Gasteiger partial charge < -0.3 is 25.0 Å². The van der Waals surface area contributed by atoms with Crippen LogP contribution in [-0.4, -0.2) is 79.9 Å². The van der Waals surface area contributed by atoms with Gasteiger partial charge in [0.15, 0.2) is 5.82 Å². The molecule has 238 valence electrons. The molecule has 3 aliphatic heterocycles. The van der Waals surface area contributed by atoms with Crippen LogP contribution in [0, 0.1) is 11.6 Å². The predicted molar refractivity (Wildman–Crippen MR) is 167 cm³/mol. The Morgan fingerprint density at radius 2 is 1.73 bits per heavy atom. The van der Waals surface area contributed by atoms with Gasteiger partial charge in [0.1, 0.15) is 29.5 Å². The first kappa shape index (κ1) is 30.7. The van der Waals surface area contributed by atoms with Crippen molar-refractivity contribution in [2.45, 2.75) is 31.3 Å². The first-order chi connectivity index (χ1) is 21.9. The first-order valence-corrected chi connectivity index (χ1v) is 15.1. The average Bonchev–Trinajstić information content (AvgIpc) is 3.56. The van der Waals surface area contributed by atoms with Gasteiger partial charge in [0, 0.05) is 56.8 Å². The van der Waals surface area contributed by atoms with Gasteiger partial charge in [-0.2, -0.15) is 0 Å². The quantitative estimate of drug-likeness (QED) is 0.324. The second kappa shape index (κ2) is 13.8. The van der Waals surface area contributed by atoms with Crippen molar-refractivity contribution in [1.29, 1.82) is 0 Å². The molecule has 0 saturated carbocycles. The Morgan fingerprint density at radius 3 is 2.44 bits per heavy atom. The number of ether oxygens (including phenoxy) is 2. The Kier molecular flexibility index (Phi) is 9.38. The van der Waals surface area contributed by atoms with Crippen LogP contribution in [0.2, 0.25) is 0 Å². The van der Waals surface area contributed by atoms with E-state index in [1.165, 1.54) is 29.6 Å². The molecule has 0 spiro atoms. The van der Waals surface area contributed by atoms with Gasteiger partial charge in [-0.25, -0.2) is 23.8 Å². The molecule has 1 atom stereocenters. The average molecular weight is 622 g/mol. The first-order valence-electron chi connectivity index (χ1n) is 15.1. The summed E-state index contributed by atoms with van der Waals surface area (Å²) in [5.41, 5.74) is 2.48. The standard InChI is InChI=1S/C32H37F2N7O4/c1-3-32(42)38-25-17-26(29(43-2)18-28(25)40-7-4-24(5-8-40)39-9-12-44-13-10-39)37-30-19-31(36-20-35-30)41-27(6-11-45-41)21-14-22(33)16-23(34)15-21/h3,14-20,24,27H,1,4-13H2,2H3,(H,38,42)(H,35,36,37)/t27-/m1/s1. The van der Waals surface area contributed by atoms with E-state index >= 15 is 0 Å². The zero-order chi connectivity index (χ0) is 31.3. The van der Waals surface area contributed by atoms with E-state index in [1.54, 1.807) is 13.2 Å². The number of carbonyl (C=O) groups excluding carboxylic acids is 1. The SMILES string of the molecule is C=CC(=O)Nc1cc(Nc2cc(N3OCC[C@@H]3c3cc(F)cc(F)c3)ncn2)c(OC)cc1N1CCC(N2CCOCC2)CC1. The molecule has 3 aliphatic rings. The van der Waals surface area contributed by atoms with Gasteiger partial charge in [0.2, 0.25) is 5.91 Å². The second-order valence-corrected chi connectivity index (χ2v) is 11.2. The molecule has 4 heterocycles. The van der Waals surface area contributed by atoms with Gasteiger partial charge in [-0.1, -0.05) is 6.58 Å². The Bertz CT molecular complexity index is 1510. The number of piperidine rings is 1. The number of hydrogen-bond acceptors (Lipinski definition) is 10. The van der Waals surface area contributed by atoms with Crippen molar-refractivity contribution in [3.63, 3.8) is 0 Å². The minimum Gasteiger partial charge on any atom is -0.494 e. The number of hydroxylamine groups is 1. The molecule has 1 aromatic heterocycles. The van der Waals surface area contributed by atoms with Crippen molar-refractivity contribution in [3.05, 3.63) is 72.6 Å². The molecule has 3 saturated heterocycles. The third-order valence-corrected chi connectivity index (χ3v) is 8.44. The van der Waals surface area contributed by atoms with Crippen molar-refractivity contribution in [1.82, 2.24) is 14.9 Å². The lowest BCUT2D eigenvalue weighted by Gasteiger charge is -2.41. The number of nitrogens with zero attached hydrogens (tertiary/aromatic N) is 5. The number of methoxy groups -OCH3 is 1. The summed E-state index contributed by atoms with van der Waals surface area (Å²) in [7, 11) is 1.59. The molecule has 11 nitrogen and oxygen atoms in total. The van der Waals surface area contributed by atoms with Crippen molar-refractivity contribution in [2.24, 2.45) is 0 Å². The molecule has 2 aromatic carbocycles. The normalized spacial score (nSPS) is 19.4. The second-order valence-electron chi connectivity index (χ2n) is 11.2. The summed E-state index contributed by atoms with van der Waals surface area (Å²) in [6, 6.07) is 8.92. The van der Waals surface area contributed by atoms with E-state index in [2.05, 4.69) is 37.0 Å². The maximum absolute atomic E-state index is 14.0. The van der Waals surface area contributed by atoms with E-state index < -0.39 is 17.7 Å². The zero-order valence-electron chi connectivity index (χ0n) is 25.2. The minimum atomic E-state index is -0.654. The lowest BCUT2D eigenvalue weighted by atomic mass is 10.0. The van der Waals surface area contributed by atoms with Crippen LogP contribution in [0.5, 0.6) is 5.75 Å². The van der Waals surface area contributed by atoms with Crippen LogP contribution in [0.15, 0.2) is 55.4 Å². The van der Waals surface area contributed by atoms with Crippen molar-refractivity contribution in [2.75, 3.05) is 73.7 Å². The fourth-order valence-electron chi connectivity index (χ4n) is 6.23. The van der Waals surface area contributed by atoms with E-state index in [-0.39, 0.29) is 5.91 Å². The van der Waals surface area contributed by atoms with Crippen LogP contribution in [0.1, 0.15) is 30.9 Å². The topological polar surface area (TPSA) is 104 Å². The highest BCUT2D eigenvalue weighted by atomic mass is 19.1. The lowest BCUT2D eigenvalue weighted by molar-refractivity contribution is -0.111. The molecule has 0 radical (unpaired) electrons. The van der Waals surface area contributed by atoms with Gasteiger partial charge in [0.05, 0.1) is 50.0 Å². The summed E-state index contributed by atoms with van der Waals surface area (Å²) < 4.78 is 39.3. The summed E-state index contributed by atoms with van der Waals surface area (Å²) in [6.45, 7) is 9.10. The molecule has 13 heteroatoms. The molecule has 3 fully saturated rings. The van der Waals surface area contributed by atoms with Crippen molar-refractivity contribution < 1.29 is 27.9 Å². The molecule has 3 aromatic rings. The Balaban J connectivity index is 1.24. The lowest BCUT2D eigenvalue weighted by Crippen LogP contribution is -2.49. The van der Waals surface area contributed by atoms with Crippen molar-refractivity contribution in [3.8, 4) is 5.75 Å². The zero-order valence-corrected chi connectivity index (χ0v) is 25.2. The molecular weight excluding hydrogens is 584 g/mol. The van der Waals surface area contributed by atoms with E-state index in [0.717, 1.165) is 64.0 Å². The number of nitrogens with one attached hydrogen (secondary N) is 2. The van der Waals surface area contributed by atoms with E-state index in [0.29, 0.717) is 53.4 Å². The molecule has 6 rings (SSSR count). The van der Waals surface area contributed by atoms with Gasteiger partial charge in [-0.05, 0) is 42.7 Å². The summed E-state index contributed by atoms with van der Waals surface area (Å²) in [5.74, 6) is -0.235. The smallest absolute Gasteiger partial charge is 0.247 e. The summed E-state index contributed by atoms with van der Waals surface area (Å²) in [5, 5.41) is 7.77. The molecule has 45 heavy (non-hydrogen) atoms. The number of aromatic nitrogens is 2. The molecule has 1 amide bonds. The fraction of sp³-hybridized carbons (Fsp3) is 0.406. The van der Waals surface area contributed by atoms with E-state index in [9.17, 15) is 13.6 Å². The maximum Gasteiger partial charge on any atom is 0.247 e. The van der Waals surface area contributed by atoms with Gasteiger partial charge in [0.25, 0.3) is 0 Å². The number of hydrogen-bond donors (Lipinski definition) is 2. The van der Waals surface area contributed by atoms with Gasteiger partial charge in [-0.3, -0.25) is 14.5 Å². The molecule has 0 unspecified atom stereocenters. The highest BCUT2D eigenvalue weighted by molar-refractivity contribution is 6.02. The van der Waals surface area contributed by atoms with Crippen LogP contribution in [-0.2, 0) is 14.4 Å². The number of benzene rings is 2. The third-order valence-electron chi connectivity index (χ3n) is 8.44. The van der Waals surface area contributed by atoms with Crippen LogP contribution < -0.4 is 25.3 Å². The maximum atomic E-state index is 14.0. The number of anilines is 5. The van der Waals surface area contributed by atoms with Crippen LogP contribution in [0.4, 0.5) is 37.5 Å². The Morgan fingerprint density at radius 1 is 0.978 bits per heavy atom. The van der Waals surface area contributed by atoms with Crippen LogP contribution in [0.25, 0.3) is 0 Å². The summed E-state index contributed by atoms with van der Waals surface area (Å²) >= 11 is 0. The molecule has 0 bridgehead atoms. The van der Waals surface area contributed by atoms with Gasteiger partial charge >= 0.3 is 0 Å². The summed E-state index contributed by atoms with van der Waals surface area (Å²) in [6.07, 6.45) is 5.15. The molecular formula is C32H37F2N7O4. The van der Waals surface area contributed by atoms with Crippen LogP contribution >= 0.6 is 0 Å². The minimum absolute atomic E-state index is 0.328. The number of amides is 1. The molecule has 2 N–H and O–H groups in total. The largest absolute Gasteiger partial charge is 0.494 e. The van der Waals surface area contributed by atoms with Crippen LogP contribution in [0.3, 0.4) is 0 Å². The predicted octanol–water partition coefficient (Wildman–Crippen LogP) is 4.82. The van der Waals surface area contributed by atoms with E-state index in [1.807, 2.05) is 12.1 Å². The number of carbonyl (C=O) groups is 1. The highest BCUT2D eigenvalue weighted by Crippen LogP contribution is 2.40. The highest BCUT2D eigenvalue weighted by Gasteiger charge is 2.31. The Labute approximate surface area is 260 Å². The summed E-state index contributed by atoms with van der Waals surface area (Å²) in [4.78, 5) is 31.8. The Hall–Kier alpha value is -4.33. The number of halogens is 2. The number of morpholine rings is 1. The number of rotatable bonds is 9. The monoisotopic (exact) mass is 621 g/mol. The fourth-order valence-corrected chi connectivity index (χ4v) is 6.23. The third kappa shape index (κ3) is 7.00.